The summed E-state index contributed by atoms with van der Waals surface area (Å²) < 4.78 is 0. The fraction of sp³-hybridized carbons (Fsp3) is 0.500. The number of benzene rings is 1. The molecule has 0 aromatic heterocycles. The van der Waals surface area contributed by atoms with E-state index in [4.69, 9.17) is 5.11 Å². The lowest BCUT2D eigenvalue weighted by molar-refractivity contribution is -0.143. The Labute approximate surface area is 125 Å². The molecule has 1 aliphatic rings. The highest BCUT2D eigenvalue weighted by molar-refractivity contribution is 5.92. The molecule has 1 aromatic rings. The van der Waals surface area contributed by atoms with Gasteiger partial charge in [-0.15, -0.1) is 0 Å². The molecule has 114 valence electrons. The molecule has 0 unspecified atom stereocenters. The van der Waals surface area contributed by atoms with E-state index < -0.39 is 11.9 Å². The van der Waals surface area contributed by atoms with Gasteiger partial charge in [0.05, 0.1) is 5.92 Å². The number of likely N-dealkylation sites (tertiary alicyclic amines) is 1. The first kappa shape index (κ1) is 15.4. The molecule has 0 aliphatic carbocycles. The number of urea groups is 1. The van der Waals surface area contributed by atoms with Crippen LogP contribution in [-0.2, 0) is 4.79 Å². The number of anilines is 1. The Morgan fingerprint density at radius 3 is 2.67 bits per heavy atom. The van der Waals surface area contributed by atoms with Crippen molar-refractivity contribution in [1.82, 2.24) is 4.90 Å². The van der Waals surface area contributed by atoms with Gasteiger partial charge in [-0.3, -0.25) is 9.69 Å². The average molecular weight is 290 g/mol. The van der Waals surface area contributed by atoms with Crippen molar-refractivity contribution < 1.29 is 14.7 Å². The molecule has 2 rings (SSSR count). The summed E-state index contributed by atoms with van der Waals surface area (Å²) in [7, 11) is 1.74. The van der Waals surface area contributed by atoms with Gasteiger partial charge < -0.3 is 10.0 Å². The van der Waals surface area contributed by atoms with Gasteiger partial charge >= 0.3 is 12.0 Å². The van der Waals surface area contributed by atoms with Gasteiger partial charge in [-0.2, -0.15) is 0 Å². The van der Waals surface area contributed by atoms with Gasteiger partial charge in [0.15, 0.2) is 0 Å². The Morgan fingerprint density at radius 1 is 1.33 bits per heavy atom. The van der Waals surface area contributed by atoms with Crippen molar-refractivity contribution >= 4 is 17.7 Å². The maximum Gasteiger partial charge on any atom is 0.324 e. The van der Waals surface area contributed by atoms with E-state index in [1.807, 2.05) is 32.0 Å². The maximum absolute atomic E-state index is 12.6. The molecule has 5 nitrogen and oxygen atoms in total. The van der Waals surface area contributed by atoms with E-state index in [9.17, 15) is 9.59 Å². The normalized spacial score (nSPS) is 18.4. The molecular weight excluding hydrogens is 268 g/mol. The van der Waals surface area contributed by atoms with Crippen LogP contribution in [0.15, 0.2) is 18.2 Å². The summed E-state index contributed by atoms with van der Waals surface area (Å²) in [6, 6.07) is 5.81. The van der Waals surface area contributed by atoms with Crippen LogP contribution in [0.1, 0.15) is 24.0 Å². The van der Waals surface area contributed by atoms with Gasteiger partial charge in [0.2, 0.25) is 0 Å². The van der Waals surface area contributed by atoms with E-state index in [0.29, 0.717) is 19.5 Å². The number of carbonyl (C=O) groups is 2. The number of piperidine rings is 1. The SMILES string of the molecule is Cc1ccc(N(C)C(=O)N2CCC[C@@H](C(=O)O)C2)c(C)c1. The number of carboxylic acid groups (broad SMARTS) is 1. The van der Waals surface area contributed by atoms with E-state index in [2.05, 4.69) is 0 Å². The molecule has 2 amide bonds. The van der Waals surface area contributed by atoms with Crippen LogP contribution < -0.4 is 4.90 Å². The average Bonchev–Trinajstić information content (AvgIpc) is 2.46. The van der Waals surface area contributed by atoms with Crippen LogP contribution in [-0.4, -0.2) is 42.1 Å². The van der Waals surface area contributed by atoms with Crippen LogP contribution >= 0.6 is 0 Å². The quantitative estimate of drug-likeness (QED) is 0.911. The van der Waals surface area contributed by atoms with Crippen molar-refractivity contribution in [2.45, 2.75) is 26.7 Å². The lowest BCUT2D eigenvalue weighted by Crippen LogP contribution is -2.47. The number of carbonyl (C=O) groups excluding carboxylic acids is 1. The summed E-state index contributed by atoms with van der Waals surface area (Å²) in [5, 5.41) is 9.12. The minimum Gasteiger partial charge on any atom is -0.481 e. The Bertz CT molecular complexity index is 556. The summed E-state index contributed by atoms with van der Waals surface area (Å²) in [4.78, 5) is 26.9. The zero-order chi connectivity index (χ0) is 15.6. The number of hydrogen-bond donors (Lipinski definition) is 1. The molecule has 0 radical (unpaired) electrons. The zero-order valence-electron chi connectivity index (χ0n) is 12.8. The van der Waals surface area contributed by atoms with Gasteiger partial charge in [-0.25, -0.2) is 4.79 Å². The molecule has 21 heavy (non-hydrogen) atoms. The van der Waals surface area contributed by atoms with E-state index >= 15 is 0 Å². The maximum atomic E-state index is 12.6. The highest BCUT2D eigenvalue weighted by atomic mass is 16.4. The van der Waals surface area contributed by atoms with Crippen molar-refractivity contribution in [2.75, 3.05) is 25.0 Å². The summed E-state index contributed by atoms with van der Waals surface area (Å²) >= 11 is 0. The minimum atomic E-state index is -0.818. The number of amides is 2. The van der Waals surface area contributed by atoms with Crippen molar-refractivity contribution in [2.24, 2.45) is 5.92 Å². The Balaban J connectivity index is 2.13. The van der Waals surface area contributed by atoms with Crippen LogP contribution in [0.5, 0.6) is 0 Å². The number of hydrogen-bond acceptors (Lipinski definition) is 2. The molecule has 1 heterocycles. The Morgan fingerprint density at radius 2 is 2.05 bits per heavy atom. The molecule has 1 aliphatic heterocycles. The summed E-state index contributed by atoms with van der Waals surface area (Å²) in [5.41, 5.74) is 3.06. The van der Waals surface area contributed by atoms with Crippen molar-refractivity contribution in [3.63, 3.8) is 0 Å². The molecule has 1 aromatic carbocycles. The van der Waals surface area contributed by atoms with Crippen LogP contribution in [0.2, 0.25) is 0 Å². The van der Waals surface area contributed by atoms with Crippen LogP contribution in [0, 0.1) is 19.8 Å². The molecule has 0 spiro atoms. The fourth-order valence-corrected chi connectivity index (χ4v) is 2.85. The van der Waals surface area contributed by atoms with E-state index in [-0.39, 0.29) is 6.03 Å². The molecule has 1 fully saturated rings. The van der Waals surface area contributed by atoms with E-state index in [0.717, 1.165) is 23.2 Å². The number of aliphatic carboxylic acids is 1. The lowest BCUT2D eigenvalue weighted by atomic mass is 9.98. The third-order valence-corrected chi connectivity index (χ3v) is 4.04. The molecule has 1 atom stereocenters. The second-order valence-electron chi connectivity index (χ2n) is 5.75. The van der Waals surface area contributed by atoms with Gasteiger partial charge in [-0.1, -0.05) is 17.7 Å². The smallest absolute Gasteiger partial charge is 0.324 e. The second kappa shape index (κ2) is 6.16. The Kier molecular flexibility index (Phi) is 4.50. The number of rotatable bonds is 2. The van der Waals surface area contributed by atoms with Crippen LogP contribution in [0.4, 0.5) is 10.5 Å². The lowest BCUT2D eigenvalue weighted by Gasteiger charge is -2.34. The van der Waals surface area contributed by atoms with Gasteiger partial charge in [0, 0.05) is 25.8 Å². The van der Waals surface area contributed by atoms with Gasteiger partial charge in [0.1, 0.15) is 0 Å². The number of carboxylic acids is 1. The molecule has 5 heteroatoms. The molecule has 0 saturated carbocycles. The Hall–Kier alpha value is -2.04. The predicted octanol–water partition coefficient (Wildman–Crippen LogP) is 2.66. The summed E-state index contributed by atoms with van der Waals surface area (Å²) in [6.07, 6.45) is 1.38. The summed E-state index contributed by atoms with van der Waals surface area (Å²) in [6.45, 7) is 4.91. The standard InChI is InChI=1S/C16H22N2O3/c1-11-6-7-14(12(2)9-11)17(3)16(21)18-8-4-5-13(10-18)15(19)20/h6-7,9,13H,4-5,8,10H2,1-3H3,(H,19,20)/t13-/m1/s1. The summed E-state index contributed by atoms with van der Waals surface area (Å²) in [5.74, 6) is -1.27. The fourth-order valence-electron chi connectivity index (χ4n) is 2.85. The molecular formula is C16H22N2O3. The third kappa shape index (κ3) is 3.35. The number of aryl methyl sites for hydroxylation is 2. The monoisotopic (exact) mass is 290 g/mol. The highest BCUT2D eigenvalue weighted by Gasteiger charge is 2.30. The zero-order valence-corrected chi connectivity index (χ0v) is 12.8. The topological polar surface area (TPSA) is 60.9 Å². The van der Waals surface area contributed by atoms with E-state index in [1.54, 1.807) is 16.8 Å². The van der Waals surface area contributed by atoms with Crippen LogP contribution in [0.3, 0.4) is 0 Å². The minimum absolute atomic E-state index is 0.132. The highest BCUT2D eigenvalue weighted by Crippen LogP contribution is 2.23. The molecule has 1 saturated heterocycles. The molecule has 0 bridgehead atoms. The first-order valence-corrected chi connectivity index (χ1v) is 7.23. The predicted molar refractivity (Wildman–Crippen MR) is 81.6 cm³/mol. The van der Waals surface area contributed by atoms with Gasteiger partial charge in [-0.05, 0) is 38.3 Å². The van der Waals surface area contributed by atoms with Gasteiger partial charge in [0.25, 0.3) is 0 Å². The number of nitrogens with zero attached hydrogens (tertiary/aromatic N) is 2. The van der Waals surface area contributed by atoms with Crippen molar-refractivity contribution in [3.05, 3.63) is 29.3 Å². The molecule has 1 N–H and O–H groups in total. The van der Waals surface area contributed by atoms with Crippen LogP contribution in [0.25, 0.3) is 0 Å². The second-order valence-corrected chi connectivity index (χ2v) is 5.75. The first-order valence-electron chi connectivity index (χ1n) is 7.23. The first-order chi connectivity index (χ1) is 9.90. The van der Waals surface area contributed by atoms with Crippen molar-refractivity contribution in [3.8, 4) is 0 Å². The third-order valence-electron chi connectivity index (χ3n) is 4.04. The van der Waals surface area contributed by atoms with E-state index in [1.165, 1.54) is 0 Å². The van der Waals surface area contributed by atoms with Crippen molar-refractivity contribution in [1.29, 1.82) is 0 Å². The largest absolute Gasteiger partial charge is 0.481 e.